The van der Waals surface area contributed by atoms with E-state index in [9.17, 15) is 0 Å². The minimum absolute atomic E-state index is 0. The second-order valence-electron chi connectivity index (χ2n) is 3.95. The molecule has 0 unspecified atom stereocenters. The fourth-order valence-corrected chi connectivity index (χ4v) is 1.98. The summed E-state index contributed by atoms with van der Waals surface area (Å²) >= 11 is 3.46. The highest BCUT2D eigenvalue weighted by atomic mass is 127. The van der Waals surface area contributed by atoms with Crippen LogP contribution in [0.5, 0.6) is 0 Å². The van der Waals surface area contributed by atoms with Crippen LogP contribution in [0.3, 0.4) is 0 Å². The van der Waals surface area contributed by atoms with Crippen molar-refractivity contribution < 1.29 is 4.74 Å². The predicted octanol–water partition coefficient (Wildman–Crippen LogP) is 3.16. The molecule has 0 atom stereocenters. The van der Waals surface area contributed by atoms with E-state index in [1.165, 1.54) is 5.56 Å². The third-order valence-electron chi connectivity index (χ3n) is 2.40. The first-order valence-electron chi connectivity index (χ1n) is 6.60. The molecule has 6 heteroatoms. The Kier molecular flexibility index (Phi) is 12.2. The van der Waals surface area contributed by atoms with Crippen LogP contribution in [0.15, 0.2) is 33.7 Å². The smallest absolute Gasteiger partial charge is 0.191 e. The topological polar surface area (TPSA) is 45.7 Å². The molecule has 4 nitrogen and oxygen atoms in total. The lowest BCUT2D eigenvalue weighted by atomic mass is 10.2. The number of nitrogens with one attached hydrogen (secondary N) is 2. The Morgan fingerprint density at radius 2 is 2.10 bits per heavy atom. The molecule has 2 N–H and O–H groups in total. The fraction of sp³-hybridized carbons (Fsp3) is 0.500. The molecule has 0 aromatic heterocycles. The first-order valence-corrected chi connectivity index (χ1v) is 7.40. The average molecular weight is 456 g/mol. The highest BCUT2D eigenvalue weighted by molar-refractivity contribution is 14.0. The maximum Gasteiger partial charge on any atom is 0.191 e. The van der Waals surface area contributed by atoms with Gasteiger partial charge in [-0.05, 0) is 31.5 Å². The zero-order valence-corrected chi connectivity index (χ0v) is 15.9. The van der Waals surface area contributed by atoms with E-state index in [-0.39, 0.29) is 24.0 Å². The first kappa shape index (κ1) is 19.7. The van der Waals surface area contributed by atoms with E-state index < -0.39 is 0 Å². The van der Waals surface area contributed by atoms with Crippen molar-refractivity contribution in [2.75, 3.05) is 26.3 Å². The lowest BCUT2D eigenvalue weighted by Gasteiger charge is -2.11. The predicted molar refractivity (Wildman–Crippen MR) is 98.9 cm³/mol. The number of benzene rings is 1. The lowest BCUT2D eigenvalue weighted by Crippen LogP contribution is -2.39. The van der Waals surface area contributed by atoms with Crippen LogP contribution in [-0.2, 0) is 11.3 Å². The van der Waals surface area contributed by atoms with Gasteiger partial charge in [0.25, 0.3) is 0 Å². The molecule has 0 aliphatic rings. The number of hydrogen-bond acceptors (Lipinski definition) is 2. The van der Waals surface area contributed by atoms with Crippen molar-refractivity contribution in [2.45, 2.75) is 20.4 Å². The number of guanidine groups is 1. The van der Waals surface area contributed by atoms with Gasteiger partial charge in [0.2, 0.25) is 0 Å². The summed E-state index contributed by atoms with van der Waals surface area (Å²) in [6, 6.07) is 8.18. The molecular weight excluding hydrogens is 433 g/mol. The van der Waals surface area contributed by atoms with Crippen molar-refractivity contribution in [3.05, 3.63) is 34.3 Å². The molecule has 0 fully saturated rings. The van der Waals surface area contributed by atoms with Crippen molar-refractivity contribution >= 4 is 45.9 Å². The Labute approximate surface area is 146 Å². The second-order valence-corrected chi connectivity index (χ2v) is 4.86. The van der Waals surface area contributed by atoms with Gasteiger partial charge < -0.3 is 15.4 Å². The maximum absolute atomic E-state index is 5.29. The second kappa shape index (κ2) is 12.4. The fourth-order valence-electron chi connectivity index (χ4n) is 1.53. The Morgan fingerprint density at radius 3 is 2.75 bits per heavy atom. The zero-order chi connectivity index (χ0) is 13.9. The van der Waals surface area contributed by atoms with Crippen LogP contribution in [0, 0.1) is 0 Å². The molecule has 20 heavy (non-hydrogen) atoms. The van der Waals surface area contributed by atoms with Gasteiger partial charge in [0, 0.05) is 24.2 Å². The Hall–Kier alpha value is -0.340. The first-order chi connectivity index (χ1) is 9.26. The van der Waals surface area contributed by atoms with Crippen LogP contribution >= 0.6 is 39.9 Å². The van der Waals surface area contributed by atoms with E-state index in [0.29, 0.717) is 13.2 Å². The molecule has 0 aliphatic heterocycles. The molecule has 0 amide bonds. The van der Waals surface area contributed by atoms with E-state index in [1.54, 1.807) is 0 Å². The lowest BCUT2D eigenvalue weighted by molar-refractivity contribution is 0.152. The molecule has 1 aromatic carbocycles. The Balaban J connectivity index is 0.00000361. The molecule has 1 rings (SSSR count). The van der Waals surface area contributed by atoms with E-state index >= 15 is 0 Å². The summed E-state index contributed by atoms with van der Waals surface area (Å²) in [5.41, 5.74) is 1.18. The van der Waals surface area contributed by atoms with Gasteiger partial charge >= 0.3 is 0 Å². The van der Waals surface area contributed by atoms with Gasteiger partial charge in [-0.3, -0.25) is 0 Å². The minimum atomic E-state index is 0. The third kappa shape index (κ3) is 8.76. The molecule has 0 spiro atoms. The molecule has 0 saturated carbocycles. The zero-order valence-electron chi connectivity index (χ0n) is 12.0. The largest absolute Gasteiger partial charge is 0.380 e. The van der Waals surface area contributed by atoms with E-state index in [1.807, 2.05) is 19.1 Å². The molecule has 0 aliphatic carbocycles. The van der Waals surface area contributed by atoms with Crippen molar-refractivity contribution in [3.8, 4) is 0 Å². The maximum atomic E-state index is 5.29. The van der Waals surface area contributed by atoms with Gasteiger partial charge in [0.15, 0.2) is 5.96 Å². The van der Waals surface area contributed by atoms with Crippen LogP contribution in [-0.4, -0.2) is 32.3 Å². The molecule has 0 heterocycles. The number of ether oxygens (including phenoxy) is 1. The number of rotatable bonds is 7. The van der Waals surface area contributed by atoms with Gasteiger partial charge in [-0.2, -0.15) is 0 Å². The minimum Gasteiger partial charge on any atom is -0.380 e. The SMILES string of the molecule is CCNC(=NCc1cccc(Br)c1)NCCOCC.I. The van der Waals surface area contributed by atoms with Crippen molar-refractivity contribution in [1.82, 2.24) is 10.6 Å². The van der Waals surface area contributed by atoms with E-state index in [0.717, 1.165) is 30.1 Å². The van der Waals surface area contributed by atoms with Gasteiger partial charge in [-0.15, -0.1) is 24.0 Å². The Bertz CT molecular complexity index is 402. The quantitative estimate of drug-likeness (QED) is 0.287. The summed E-state index contributed by atoms with van der Waals surface area (Å²) in [7, 11) is 0. The van der Waals surface area contributed by atoms with E-state index in [4.69, 9.17) is 4.74 Å². The number of halogens is 2. The van der Waals surface area contributed by atoms with Crippen LogP contribution in [0.2, 0.25) is 0 Å². The Morgan fingerprint density at radius 1 is 1.30 bits per heavy atom. The molecule has 114 valence electrons. The standard InChI is InChI=1S/C14H22BrN3O.HI/c1-3-16-14(17-8-9-19-4-2)18-11-12-6-5-7-13(15)10-12;/h5-7,10H,3-4,8-9,11H2,1-2H3,(H2,16,17,18);1H. The van der Waals surface area contributed by atoms with E-state index in [2.05, 4.69) is 50.6 Å². The van der Waals surface area contributed by atoms with Crippen molar-refractivity contribution in [3.63, 3.8) is 0 Å². The number of nitrogens with zero attached hydrogens (tertiary/aromatic N) is 1. The average Bonchev–Trinajstić information content (AvgIpc) is 2.41. The van der Waals surface area contributed by atoms with Crippen molar-refractivity contribution in [1.29, 1.82) is 0 Å². The van der Waals surface area contributed by atoms with Gasteiger partial charge in [-0.25, -0.2) is 4.99 Å². The summed E-state index contributed by atoms with van der Waals surface area (Å²) < 4.78 is 6.37. The van der Waals surface area contributed by atoms with Crippen molar-refractivity contribution in [2.24, 2.45) is 4.99 Å². The van der Waals surface area contributed by atoms with Crippen LogP contribution in [0.1, 0.15) is 19.4 Å². The summed E-state index contributed by atoms with van der Waals surface area (Å²) in [4.78, 5) is 4.54. The normalized spacial score (nSPS) is 10.8. The van der Waals surface area contributed by atoms with Crippen LogP contribution in [0.25, 0.3) is 0 Å². The van der Waals surface area contributed by atoms with Gasteiger partial charge in [0.05, 0.1) is 13.2 Å². The summed E-state index contributed by atoms with van der Waals surface area (Å²) in [5.74, 6) is 0.821. The summed E-state index contributed by atoms with van der Waals surface area (Å²) in [6.07, 6.45) is 0. The highest BCUT2D eigenvalue weighted by Crippen LogP contribution is 2.12. The monoisotopic (exact) mass is 455 g/mol. The third-order valence-corrected chi connectivity index (χ3v) is 2.89. The molecule has 0 radical (unpaired) electrons. The molecule has 0 saturated heterocycles. The number of aliphatic imine (C=N–C) groups is 1. The van der Waals surface area contributed by atoms with Gasteiger partial charge in [-0.1, -0.05) is 28.1 Å². The molecule has 0 bridgehead atoms. The number of hydrogen-bond donors (Lipinski definition) is 2. The van der Waals surface area contributed by atoms with Crippen LogP contribution in [0.4, 0.5) is 0 Å². The summed E-state index contributed by atoms with van der Waals surface area (Å²) in [6.45, 7) is 7.75. The highest BCUT2D eigenvalue weighted by Gasteiger charge is 1.97. The van der Waals surface area contributed by atoms with Gasteiger partial charge in [0.1, 0.15) is 0 Å². The summed E-state index contributed by atoms with van der Waals surface area (Å²) in [5, 5.41) is 6.46. The molecule has 1 aromatic rings. The molecular formula is C14H23BrIN3O. The van der Waals surface area contributed by atoms with Crippen LogP contribution < -0.4 is 10.6 Å².